The fourth-order valence-corrected chi connectivity index (χ4v) is 5.54. The number of thiazole rings is 1. The molecule has 1 aromatic heterocycles. The number of fused-ring (bicyclic) bond motifs is 1. The largest absolute Gasteiger partial charge is 0.477 e. The van der Waals surface area contributed by atoms with Gasteiger partial charge in [-0.15, -0.1) is 0 Å². The molecule has 0 amide bonds. The number of ether oxygens (including phenoxy) is 2. The molecule has 0 N–H and O–H groups in total. The van der Waals surface area contributed by atoms with Crippen molar-refractivity contribution in [2.24, 2.45) is 4.99 Å². The third-order valence-electron chi connectivity index (χ3n) is 5.51. The number of nitriles is 1. The molecule has 2 heterocycles. The molecule has 0 radical (unpaired) electrons. The van der Waals surface area contributed by atoms with E-state index in [1.807, 2.05) is 37.3 Å². The summed E-state index contributed by atoms with van der Waals surface area (Å²) in [7, 11) is 0. The molecular weight excluding hydrogens is 521 g/mol. The number of aryl methyl sites for hydroxylation is 1. The van der Waals surface area contributed by atoms with E-state index in [-0.39, 0.29) is 29.5 Å². The highest BCUT2D eigenvalue weighted by molar-refractivity contribution is 7.07. The zero-order valence-corrected chi connectivity index (χ0v) is 22.0. The molecule has 1 aliphatic heterocycles. The standard InChI is InChI=1S/C26H21Cl2N3O4S/c1-4-34-25(33)21-15(3)30-26-31(22(21)16-7-5-14(2)6-8-16)24(32)20(36-26)12-17-11-18(27)13-19(28)23(17)35-10-9-29/h5-8,11-13,22H,4,10H2,1-3H3/b20-12-/t22-/m0/s1. The number of nitrogens with zero attached hydrogens (tertiary/aromatic N) is 3. The Labute approximate surface area is 221 Å². The summed E-state index contributed by atoms with van der Waals surface area (Å²) >= 11 is 13.7. The van der Waals surface area contributed by atoms with E-state index in [0.29, 0.717) is 31.2 Å². The van der Waals surface area contributed by atoms with Crippen molar-refractivity contribution in [3.05, 3.63) is 94.1 Å². The fourth-order valence-electron chi connectivity index (χ4n) is 3.94. The maximum atomic E-state index is 13.7. The van der Waals surface area contributed by atoms with Gasteiger partial charge in [0.2, 0.25) is 0 Å². The Bertz CT molecular complexity index is 1600. The lowest BCUT2D eigenvalue weighted by atomic mass is 9.95. The summed E-state index contributed by atoms with van der Waals surface area (Å²) in [6.45, 7) is 5.40. The number of rotatable bonds is 6. The van der Waals surface area contributed by atoms with Gasteiger partial charge in [-0.2, -0.15) is 5.26 Å². The van der Waals surface area contributed by atoms with Gasteiger partial charge in [0.25, 0.3) is 5.56 Å². The van der Waals surface area contributed by atoms with E-state index in [2.05, 4.69) is 4.99 Å². The number of allylic oxidation sites excluding steroid dienone is 1. The van der Waals surface area contributed by atoms with E-state index in [1.54, 1.807) is 26.0 Å². The van der Waals surface area contributed by atoms with Gasteiger partial charge < -0.3 is 9.47 Å². The third-order valence-corrected chi connectivity index (χ3v) is 7.00. The highest BCUT2D eigenvalue weighted by atomic mass is 35.5. The fraction of sp³-hybridized carbons (Fsp3) is 0.231. The van der Waals surface area contributed by atoms with Crippen LogP contribution in [0.1, 0.15) is 36.6 Å². The monoisotopic (exact) mass is 541 g/mol. The maximum absolute atomic E-state index is 13.7. The number of aromatic nitrogens is 1. The molecule has 10 heteroatoms. The first-order chi connectivity index (χ1) is 17.2. The van der Waals surface area contributed by atoms with Crippen LogP contribution in [-0.4, -0.2) is 23.8 Å². The van der Waals surface area contributed by atoms with Gasteiger partial charge in [0.15, 0.2) is 11.4 Å². The van der Waals surface area contributed by atoms with Gasteiger partial charge in [-0.25, -0.2) is 9.79 Å². The third kappa shape index (κ3) is 4.96. The SMILES string of the molecule is CCOC(=O)C1=C(C)N=c2s/c(=C\c3cc(Cl)cc(Cl)c3OCC#N)c(=O)n2[C@H]1c1ccc(C)cc1. The van der Waals surface area contributed by atoms with E-state index >= 15 is 0 Å². The van der Waals surface area contributed by atoms with E-state index in [9.17, 15) is 9.59 Å². The molecular formula is C26H21Cl2N3O4S. The highest BCUT2D eigenvalue weighted by Crippen LogP contribution is 2.33. The number of hydrogen-bond donors (Lipinski definition) is 0. The van der Waals surface area contributed by atoms with E-state index < -0.39 is 12.0 Å². The van der Waals surface area contributed by atoms with Crippen molar-refractivity contribution in [3.8, 4) is 11.8 Å². The van der Waals surface area contributed by atoms with Crippen LogP contribution in [-0.2, 0) is 9.53 Å². The lowest BCUT2D eigenvalue weighted by molar-refractivity contribution is -0.139. The van der Waals surface area contributed by atoms with E-state index in [1.165, 1.54) is 22.0 Å². The van der Waals surface area contributed by atoms with Gasteiger partial charge in [-0.3, -0.25) is 9.36 Å². The van der Waals surface area contributed by atoms with Crippen LogP contribution in [0.4, 0.5) is 0 Å². The van der Waals surface area contributed by atoms with Crippen LogP contribution in [0, 0.1) is 18.3 Å². The van der Waals surface area contributed by atoms with Crippen LogP contribution in [0.3, 0.4) is 0 Å². The van der Waals surface area contributed by atoms with Gasteiger partial charge in [0.05, 0.1) is 33.5 Å². The Hall–Kier alpha value is -3.38. The second-order valence-corrected chi connectivity index (χ2v) is 9.82. The van der Waals surface area contributed by atoms with Crippen LogP contribution in [0.5, 0.6) is 5.75 Å². The second kappa shape index (κ2) is 10.7. The molecule has 1 aliphatic rings. The van der Waals surface area contributed by atoms with Crippen molar-refractivity contribution >= 4 is 46.6 Å². The number of benzene rings is 2. The van der Waals surface area contributed by atoms with Crippen LogP contribution < -0.4 is 19.6 Å². The Kier molecular flexibility index (Phi) is 7.65. The average Bonchev–Trinajstić information content (AvgIpc) is 3.12. The summed E-state index contributed by atoms with van der Waals surface area (Å²) in [5, 5.41) is 9.50. The van der Waals surface area contributed by atoms with Crippen molar-refractivity contribution in [2.75, 3.05) is 13.2 Å². The van der Waals surface area contributed by atoms with E-state index in [4.69, 9.17) is 37.9 Å². The molecule has 184 valence electrons. The van der Waals surface area contributed by atoms with Crippen molar-refractivity contribution in [1.82, 2.24) is 4.57 Å². The molecule has 1 atom stereocenters. The smallest absolute Gasteiger partial charge is 0.338 e. The molecule has 4 rings (SSSR count). The van der Waals surface area contributed by atoms with Gasteiger partial charge in [-0.05, 0) is 44.5 Å². The molecule has 36 heavy (non-hydrogen) atoms. The molecule has 3 aromatic rings. The molecule has 0 saturated carbocycles. The summed E-state index contributed by atoms with van der Waals surface area (Å²) in [6.07, 6.45) is 1.60. The Morgan fingerprint density at radius 1 is 1.25 bits per heavy atom. The quantitative estimate of drug-likeness (QED) is 0.433. The lowest BCUT2D eigenvalue weighted by Gasteiger charge is -2.24. The number of esters is 1. The number of carbonyl (C=O) groups is 1. The van der Waals surface area contributed by atoms with Crippen molar-refractivity contribution in [2.45, 2.75) is 26.8 Å². The molecule has 0 aliphatic carbocycles. The predicted molar refractivity (Wildman–Crippen MR) is 139 cm³/mol. The molecule has 0 fully saturated rings. The molecule has 0 unspecified atom stereocenters. The Morgan fingerprint density at radius 2 is 1.97 bits per heavy atom. The number of hydrogen-bond acceptors (Lipinski definition) is 7. The topological polar surface area (TPSA) is 93.7 Å². The summed E-state index contributed by atoms with van der Waals surface area (Å²) in [4.78, 5) is 31.7. The van der Waals surface area contributed by atoms with Crippen molar-refractivity contribution in [1.29, 1.82) is 5.26 Å². The summed E-state index contributed by atoms with van der Waals surface area (Å²) in [5.74, 6) is -0.278. The predicted octanol–water partition coefficient (Wildman–Crippen LogP) is 4.32. The minimum Gasteiger partial charge on any atom is -0.477 e. The molecule has 0 saturated heterocycles. The second-order valence-electron chi connectivity index (χ2n) is 7.97. The zero-order chi connectivity index (χ0) is 26.0. The lowest BCUT2D eigenvalue weighted by Crippen LogP contribution is -2.39. The number of carbonyl (C=O) groups excluding carboxylic acids is 1. The average molecular weight is 542 g/mol. The molecule has 2 aromatic carbocycles. The minimum absolute atomic E-state index is 0.196. The van der Waals surface area contributed by atoms with E-state index in [0.717, 1.165) is 11.1 Å². The van der Waals surface area contributed by atoms with Crippen molar-refractivity contribution < 1.29 is 14.3 Å². The summed E-state index contributed by atoms with van der Waals surface area (Å²) < 4.78 is 12.7. The zero-order valence-electron chi connectivity index (χ0n) is 19.7. The minimum atomic E-state index is -0.708. The van der Waals surface area contributed by atoms with Gasteiger partial charge in [-0.1, -0.05) is 64.4 Å². The summed E-state index contributed by atoms with van der Waals surface area (Å²) in [6, 6.07) is 11.9. The van der Waals surface area contributed by atoms with Crippen LogP contribution in [0.25, 0.3) is 6.08 Å². The maximum Gasteiger partial charge on any atom is 0.338 e. The molecule has 0 bridgehead atoms. The van der Waals surface area contributed by atoms with Gasteiger partial charge in [0, 0.05) is 10.6 Å². The number of halogens is 2. The van der Waals surface area contributed by atoms with Crippen LogP contribution >= 0.6 is 34.5 Å². The van der Waals surface area contributed by atoms with Gasteiger partial charge >= 0.3 is 5.97 Å². The first-order valence-corrected chi connectivity index (χ1v) is 12.6. The Morgan fingerprint density at radius 3 is 2.64 bits per heavy atom. The first-order valence-electron chi connectivity index (χ1n) is 11.0. The van der Waals surface area contributed by atoms with Gasteiger partial charge in [0.1, 0.15) is 11.8 Å². The normalized spacial score (nSPS) is 15.2. The Balaban J connectivity index is 1.96. The molecule has 7 nitrogen and oxygen atoms in total. The first kappa shape index (κ1) is 25.7. The van der Waals surface area contributed by atoms with Crippen LogP contribution in [0.2, 0.25) is 10.0 Å². The van der Waals surface area contributed by atoms with Crippen molar-refractivity contribution in [3.63, 3.8) is 0 Å². The summed E-state index contributed by atoms with van der Waals surface area (Å²) in [5.41, 5.74) is 2.70. The van der Waals surface area contributed by atoms with Crippen LogP contribution in [0.15, 0.2) is 57.5 Å². The molecule has 0 spiro atoms. The highest BCUT2D eigenvalue weighted by Gasteiger charge is 2.33.